The fraction of sp³-hybridized carbons (Fsp3) is 0.600. The number of para-hydroxylation sites is 2. The van der Waals surface area contributed by atoms with Crippen molar-refractivity contribution >= 4 is 17.5 Å². The van der Waals surface area contributed by atoms with Gasteiger partial charge in [0.2, 0.25) is 11.8 Å². The summed E-state index contributed by atoms with van der Waals surface area (Å²) < 4.78 is 5.72. The highest BCUT2D eigenvalue weighted by Gasteiger charge is 2.22. The molecule has 1 fully saturated rings. The molecule has 0 unspecified atom stereocenters. The number of hydrogen-bond acceptors (Lipinski definition) is 5. The van der Waals surface area contributed by atoms with Crippen LogP contribution in [-0.2, 0) is 9.59 Å². The molecule has 0 saturated carbocycles. The third-order valence-electron chi connectivity index (χ3n) is 4.62. The minimum absolute atomic E-state index is 0.0233. The topological polar surface area (TPSA) is 65.1 Å². The second kappa shape index (κ2) is 10.8. The van der Waals surface area contributed by atoms with Gasteiger partial charge in [-0.1, -0.05) is 19.1 Å². The molecular formula is C20H32N4O3. The Kier molecular flexibility index (Phi) is 8.39. The van der Waals surface area contributed by atoms with Gasteiger partial charge < -0.3 is 19.9 Å². The normalized spacial score (nSPS) is 14.7. The van der Waals surface area contributed by atoms with Crippen molar-refractivity contribution in [2.45, 2.75) is 20.3 Å². The van der Waals surface area contributed by atoms with Crippen LogP contribution in [0, 0.1) is 0 Å². The van der Waals surface area contributed by atoms with Gasteiger partial charge in [-0.25, -0.2) is 0 Å². The van der Waals surface area contributed by atoms with Crippen LogP contribution in [0.5, 0.6) is 5.75 Å². The highest BCUT2D eigenvalue weighted by Crippen LogP contribution is 2.28. The van der Waals surface area contributed by atoms with E-state index < -0.39 is 0 Å². The number of carbonyl (C=O) groups is 2. The van der Waals surface area contributed by atoms with Crippen LogP contribution in [0.15, 0.2) is 24.3 Å². The number of piperazine rings is 1. The number of nitrogens with zero attached hydrogens (tertiary/aromatic N) is 3. The molecule has 0 spiro atoms. The number of ether oxygens (including phenoxy) is 1. The summed E-state index contributed by atoms with van der Waals surface area (Å²) in [7, 11) is 1.68. The summed E-state index contributed by atoms with van der Waals surface area (Å²) in [5.74, 6) is 0.775. The van der Waals surface area contributed by atoms with Crippen LogP contribution < -0.4 is 15.0 Å². The van der Waals surface area contributed by atoms with Crippen LogP contribution in [-0.4, -0.2) is 81.1 Å². The molecule has 1 aromatic rings. The van der Waals surface area contributed by atoms with Gasteiger partial charge in [-0.2, -0.15) is 0 Å². The zero-order valence-corrected chi connectivity index (χ0v) is 16.7. The van der Waals surface area contributed by atoms with Crippen molar-refractivity contribution in [3.05, 3.63) is 24.3 Å². The molecular weight excluding hydrogens is 344 g/mol. The molecule has 0 bridgehead atoms. The highest BCUT2D eigenvalue weighted by molar-refractivity contribution is 5.85. The molecule has 150 valence electrons. The van der Waals surface area contributed by atoms with Crippen molar-refractivity contribution in [1.29, 1.82) is 0 Å². The predicted octanol–water partition coefficient (Wildman–Crippen LogP) is 1.19. The molecule has 1 saturated heterocycles. The van der Waals surface area contributed by atoms with E-state index in [-0.39, 0.29) is 18.4 Å². The first-order valence-electron chi connectivity index (χ1n) is 9.75. The number of amides is 2. The number of likely N-dealkylation sites (N-methyl/N-ethyl adjacent to an activating group) is 1. The van der Waals surface area contributed by atoms with Crippen molar-refractivity contribution in [3.63, 3.8) is 0 Å². The van der Waals surface area contributed by atoms with Gasteiger partial charge in [0.1, 0.15) is 5.75 Å². The van der Waals surface area contributed by atoms with Gasteiger partial charge in [0, 0.05) is 39.8 Å². The molecule has 1 aliphatic rings. The molecule has 27 heavy (non-hydrogen) atoms. The summed E-state index contributed by atoms with van der Waals surface area (Å²) >= 11 is 0. The Hall–Kier alpha value is -2.28. The second-order valence-corrected chi connectivity index (χ2v) is 6.76. The van der Waals surface area contributed by atoms with Crippen molar-refractivity contribution < 1.29 is 14.3 Å². The lowest BCUT2D eigenvalue weighted by molar-refractivity contribution is -0.135. The van der Waals surface area contributed by atoms with Crippen LogP contribution in [0.2, 0.25) is 0 Å². The summed E-state index contributed by atoms with van der Waals surface area (Å²) in [6.07, 6.45) is 0.889. The van der Waals surface area contributed by atoms with Crippen molar-refractivity contribution in [3.8, 4) is 5.75 Å². The molecule has 1 heterocycles. The van der Waals surface area contributed by atoms with E-state index in [9.17, 15) is 9.59 Å². The molecule has 2 amide bonds. The lowest BCUT2D eigenvalue weighted by Crippen LogP contribution is -2.50. The molecule has 7 heteroatoms. The monoisotopic (exact) mass is 376 g/mol. The summed E-state index contributed by atoms with van der Waals surface area (Å²) in [6.45, 7) is 9.04. The molecule has 7 nitrogen and oxygen atoms in total. The van der Waals surface area contributed by atoms with E-state index >= 15 is 0 Å². The number of rotatable bonds is 9. The van der Waals surface area contributed by atoms with Gasteiger partial charge in [0.25, 0.3) is 0 Å². The molecule has 0 radical (unpaired) electrons. The minimum atomic E-state index is -0.106. The van der Waals surface area contributed by atoms with Crippen molar-refractivity contribution in [2.75, 3.05) is 64.4 Å². The van der Waals surface area contributed by atoms with Crippen molar-refractivity contribution in [1.82, 2.24) is 15.1 Å². The first kappa shape index (κ1) is 21.0. The zero-order valence-electron chi connectivity index (χ0n) is 16.7. The molecule has 0 aliphatic carbocycles. The van der Waals surface area contributed by atoms with Gasteiger partial charge in [0.15, 0.2) is 0 Å². The average Bonchev–Trinajstić information content (AvgIpc) is 2.67. The number of benzene rings is 1. The first-order valence-corrected chi connectivity index (χ1v) is 9.75. The van der Waals surface area contributed by atoms with E-state index in [4.69, 9.17) is 4.74 Å². The van der Waals surface area contributed by atoms with Crippen LogP contribution >= 0.6 is 0 Å². The Balaban J connectivity index is 1.80. The Morgan fingerprint density at radius 1 is 1.15 bits per heavy atom. The highest BCUT2D eigenvalue weighted by atomic mass is 16.5. The van der Waals surface area contributed by atoms with E-state index in [1.165, 1.54) is 4.90 Å². The molecule has 1 aromatic carbocycles. The molecule has 0 aromatic heterocycles. The molecule has 1 aliphatic heterocycles. The Morgan fingerprint density at radius 2 is 1.85 bits per heavy atom. The van der Waals surface area contributed by atoms with Gasteiger partial charge in [-0.3, -0.25) is 14.5 Å². The maximum Gasteiger partial charge on any atom is 0.239 e. The SMILES string of the molecule is CCCNC(=O)CN(C)C(=O)CN1CCN(c2ccccc2OCC)CC1. The zero-order chi connectivity index (χ0) is 19.6. The maximum absolute atomic E-state index is 12.4. The minimum Gasteiger partial charge on any atom is -0.492 e. The quantitative estimate of drug-likeness (QED) is 0.701. The summed E-state index contributed by atoms with van der Waals surface area (Å²) in [6, 6.07) is 8.07. The standard InChI is InChI=1S/C20H32N4O3/c1-4-10-21-19(25)15-22(3)20(26)16-23-11-13-24(14-12-23)17-8-6-7-9-18(17)27-5-2/h6-9H,4-5,10-16H2,1-3H3,(H,21,25). The lowest BCUT2D eigenvalue weighted by Gasteiger charge is -2.36. The van der Waals surface area contributed by atoms with Gasteiger partial charge in [-0.05, 0) is 25.5 Å². The Bertz CT molecular complexity index is 615. The van der Waals surface area contributed by atoms with E-state index in [2.05, 4.69) is 21.2 Å². The Labute approximate surface area is 162 Å². The lowest BCUT2D eigenvalue weighted by atomic mass is 10.2. The number of hydrogen-bond donors (Lipinski definition) is 1. The Morgan fingerprint density at radius 3 is 2.52 bits per heavy atom. The third-order valence-corrected chi connectivity index (χ3v) is 4.62. The van der Waals surface area contributed by atoms with Crippen molar-refractivity contribution in [2.24, 2.45) is 0 Å². The van der Waals surface area contributed by atoms with Gasteiger partial charge in [-0.15, -0.1) is 0 Å². The largest absolute Gasteiger partial charge is 0.492 e. The summed E-state index contributed by atoms with van der Waals surface area (Å²) in [4.78, 5) is 30.1. The number of carbonyl (C=O) groups excluding carboxylic acids is 2. The van der Waals surface area contributed by atoms with Crippen LogP contribution in [0.25, 0.3) is 0 Å². The number of nitrogens with one attached hydrogen (secondary N) is 1. The first-order chi connectivity index (χ1) is 13.0. The van der Waals surface area contributed by atoms with Crippen LogP contribution in [0.1, 0.15) is 20.3 Å². The maximum atomic E-state index is 12.4. The third kappa shape index (κ3) is 6.43. The predicted molar refractivity (Wildman–Crippen MR) is 107 cm³/mol. The van der Waals surface area contributed by atoms with E-state index in [0.717, 1.165) is 44.0 Å². The fourth-order valence-electron chi connectivity index (χ4n) is 3.08. The molecule has 1 N–H and O–H groups in total. The van der Waals surface area contributed by atoms with Gasteiger partial charge >= 0.3 is 0 Å². The summed E-state index contributed by atoms with van der Waals surface area (Å²) in [5.41, 5.74) is 1.11. The van der Waals surface area contributed by atoms with Crippen LogP contribution in [0.3, 0.4) is 0 Å². The molecule has 0 atom stereocenters. The van der Waals surface area contributed by atoms with E-state index in [0.29, 0.717) is 19.7 Å². The fourth-order valence-corrected chi connectivity index (χ4v) is 3.08. The second-order valence-electron chi connectivity index (χ2n) is 6.76. The number of anilines is 1. The van der Waals surface area contributed by atoms with Gasteiger partial charge in [0.05, 0.1) is 25.4 Å². The van der Waals surface area contributed by atoms with E-state index in [1.807, 2.05) is 32.0 Å². The van der Waals surface area contributed by atoms with Crippen LogP contribution in [0.4, 0.5) is 5.69 Å². The smallest absolute Gasteiger partial charge is 0.239 e. The molecule has 2 rings (SSSR count). The summed E-state index contributed by atoms with van der Waals surface area (Å²) in [5, 5.41) is 2.80. The van der Waals surface area contributed by atoms with E-state index in [1.54, 1.807) is 7.05 Å². The average molecular weight is 377 g/mol.